The van der Waals surface area contributed by atoms with Crippen LogP contribution in [0.25, 0.3) is 0 Å². The molecule has 0 aliphatic rings. The van der Waals surface area contributed by atoms with Crippen LogP contribution in [0.5, 0.6) is 5.75 Å². The van der Waals surface area contributed by atoms with E-state index in [1.165, 1.54) is 17.1 Å². The molecule has 0 atom stereocenters. The van der Waals surface area contributed by atoms with E-state index < -0.39 is 10.0 Å². The van der Waals surface area contributed by atoms with E-state index in [0.717, 1.165) is 6.54 Å². The fourth-order valence-corrected chi connectivity index (χ4v) is 2.61. The Morgan fingerprint density at radius 2 is 1.80 bits per heavy atom. The quantitative estimate of drug-likeness (QED) is 0.549. The smallest absolute Gasteiger partial charge is 0.253 e. The molecule has 0 bridgehead atoms. The van der Waals surface area contributed by atoms with Gasteiger partial charge in [-0.2, -0.15) is 0 Å². The van der Waals surface area contributed by atoms with Crippen LogP contribution in [0.2, 0.25) is 0 Å². The van der Waals surface area contributed by atoms with Crippen LogP contribution >= 0.6 is 0 Å². The number of rotatable bonds is 8. The summed E-state index contributed by atoms with van der Waals surface area (Å²) >= 11 is 0. The van der Waals surface area contributed by atoms with Crippen molar-refractivity contribution in [2.75, 3.05) is 27.2 Å². The molecule has 0 heterocycles. The Bertz CT molecular complexity index is 498. The molecule has 0 aliphatic carbocycles. The van der Waals surface area contributed by atoms with Crippen molar-refractivity contribution >= 4 is 10.0 Å². The van der Waals surface area contributed by atoms with Crippen molar-refractivity contribution in [1.82, 2.24) is 15.2 Å². The summed E-state index contributed by atoms with van der Waals surface area (Å²) in [7, 11) is -0.261. The maximum Gasteiger partial charge on any atom is 0.253 e. The van der Waals surface area contributed by atoms with Crippen LogP contribution in [0.3, 0.4) is 0 Å². The lowest BCUT2D eigenvalue weighted by Crippen LogP contribution is -2.36. The molecule has 1 aromatic carbocycles. The summed E-state index contributed by atoms with van der Waals surface area (Å²) < 4.78 is 29.3. The van der Waals surface area contributed by atoms with Crippen molar-refractivity contribution in [2.45, 2.75) is 24.8 Å². The molecule has 0 aromatic heterocycles. The average molecular weight is 301 g/mol. The summed E-state index contributed by atoms with van der Waals surface area (Å²) in [5.41, 5.74) is 0. The summed E-state index contributed by atoms with van der Waals surface area (Å²) in [6.07, 6.45) is 0. The third-order valence-corrected chi connectivity index (χ3v) is 3.86. The van der Waals surface area contributed by atoms with E-state index in [-0.39, 0.29) is 4.90 Å². The normalized spacial score (nSPS) is 12.1. The molecule has 7 heteroatoms. The zero-order valence-corrected chi connectivity index (χ0v) is 13.2. The Kier molecular flexibility index (Phi) is 6.41. The molecule has 0 fully saturated rings. The van der Waals surface area contributed by atoms with Gasteiger partial charge < -0.3 is 10.1 Å². The fraction of sp³-hybridized carbons (Fsp3) is 0.538. The highest BCUT2D eigenvalue weighted by Crippen LogP contribution is 2.15. The third kappa shape index (κ3) is 5.87. The van der Waals surface area contributed by atoms with Gasteiger partial charge in [-0.25, -0.2) is 13.4 Å². The zero-order valence-electron chi connectivity index (χ0n) is 12.4. The first-order valence-electron chi connectivity index (χ1n) is 6.47. The van der Waals surface area contributed by atoms with E-state index >= 15 is 0 Å². The van der Waals surface area contributed by atoms with E-state index in [2.05, 4.69) is 24.0 Å². The molecule has 0 saturated heterocycles. The van der Waals surface area contributed by atoms with Gasteiger partial charge in [-0.15, -0.1) is 4.83 Å². The molecule has 0 spiro atoms. The van der Waals surface area contributed by atoms with Gasteiger partial charge in [-0.05, 0) is 24.3 Å². The highest BCUT2D eigenvalue weighted by atomic mass is 32.2. The molecular weight excluding hydrogens is 278 g/mol. The van der Waals surface area contributed by atoms with Crippen molar-refractivity contribution in [2.24, 2.45) is 0 Å². The summed E-state index contributed by atoms with van der Waals surface area (Å²) in [4.78, 5) is 2.58. The minimum atomic E-state index is -3.50. The van der Waals surface area contributed by atoms with Crippen LogP contribution in [-0.2, 0) is 10.0 Å². The molecule has 20 heavy (non-hydrogen) atoms. The largest absolute Gasteiger partial charge is 0.492 e. The van der Waals surface area contributed by atoms with Crippen LogP contribution in [0.15, 0.2) is 29.2 Å². The van der Waals surface area contributed by atoms with Gasteiger partial charge in [-0.3, -0.25) is 0 Å². The van der Waals surface area contributed by atoms with Gasteiger partial charge in [0.1, 0.15) is 12.4 Å². The lowest BCUT2D eigenvalue weighted by atomic mass is 10.3. The summed E-state index contributed by atoms with van der Waals surface area (Å²) in [5, 5.41) is 4.62. The van der Waals surface area contributed by atoms with Gasteiger partial charge in [0, 0.05) is 26.7 Å². The first-order chi connectivity index (χ1) is 9.31. The van der Waals surface area contributed by atoms with Crippen molar-refractivity contribution in [3.8, 4) is 5.75 Å². The second-order valence-electron chi connectivity index (χ2n) is 4.92. The Hall–Kier alpha value is -1.15. The van der Waals surface area contributed by atoms with Gasteiger partial charge in [0.05, 0.1) is 4.90 Å². The SMILES string of the molecule is CC(C)NCCOc1ccc(S(=O)(=O)NN(C)C)cc1. The van der Waals surface area contributed by atoms with Crippen LogP contribution < -0.4 is 14.9 Å². The van der Waals surface area contributed by atoms with Crippen LogP contribution in [0, 0.1) is 0 Å². The number of hydrazine groups is 1. The number of sulfonamides is 1. The Labute approximate surface area is 121 Å². The molecule has 2 N–H and O–H groups in total. The van der Waals surface area contributed by atoms with Gasteiger partial charge in [0.25, 0.3) is 10.0 Å². The minimum Gasteiger partial charge on any atom is -0.492 e. The lowest BCUT2D eigenvalue weighted by molar-refractivity contribution is 0.308. The highest BCUT2D eigenvalue weighted by molar-refractivity contribution is 7.89. The fourth-order valence-electron chi connectivity index (χ4n) is 1.52. The molecule has 0 saturated carbocycles. The van der Waals surface area contributed by atoms with E-state index in [1.54, 1.807) is 26.2 Å². The van der Waals surface area contributed by atoms with Crippen LogP contribution in [-0.4, -0.2) is 46.7 Å². The van der Waals surface area contributed by atoms with Gasteiger partial charge in [0.2, 0.25) is 0 Å². The number of ether oxygens (including phenoxy) is 1. The molecular formula is C13H23N3O3S. The summed E-state index contributed by atoms with van der Waals surface area (Å²) in [6, 6.07) is 6.77. The molecule has 114 valence electrons. The number of hydrogen-bond donors (Lipinski definition) is 2. The van der Waals surface area contributed by atoms with Crippen molar-refractivity contribution in [1.29, 1.82) is 0 Å². The molecule has 1 aromatic rings. The zero-order chi connectivity index (χ0) is 15.2. The molecule has 1 rings (SSSR count). The minimum absolute atomic E-state index is 0.207. The third-order valence-electron chi connectivity index (χ3n) is 2.36. The standard InChI is InChI=1S/C13H23N3O3S/c1-11(2)14-9-10-19-12-5-7-13(8-6-12)20(17,18)15-16(3)4/h5-8,11,14-15H,9-10H2,1-4H3. The molecule has 0 radical (unpaired) electrons. The predicted octanol–water partition coefficient (Wildman–Crippen LogP) is 0.818. The second-order valence-corrected chi connectivity index (χ2v) is 6.58. The number of hydrogen-bond acceptors (Lipinski definition) is 5. The Morgan fingerprint density at radius 1 is 1.20 bits per heavy atom. The lowest BCUT2D eigenvalue weighted by Gasteiger charge is -2.13. The van der Waals surface area contributed by atoms with Crippen LogP contribution in [0.1, 0.15) is 13.8 Å². The number of nitrogens with one attached hydrogen (secondary N) is 2. The number of nitrogens with zero attached hydrogens (tertiary/aromatic N) is 1. The van der Waals surface area contributed by atoms with Crippen LogP contribution in [0.4, 0.5) is 0 Å². The van der Waals surface area contributed by atoms with Crippen molar-refractivity contribution in [3.05, 3.63) is 24.3 Å². The maximum absolute atomic E-state index is 11.9. The first kappa shape index (κ1) is 16.9. The molecule has 0 aliphatic heterocycles. The van der Waals surface area contributed by atoms with E-state index in [4.69, 9.17) is 4.74 Å². The first-order valence-corrected chi connectivity index (χ1v) is 7.95. The van der Waals surface area contributed by atoms with E-state index in [1.807, 2.05) is 0 Å². The highest BCUT2D eigenvalue weighted by Gasteiger charge is 2.14. The average Bonchev–Trinajstić information content (AvgIpc) is 2.33. The Balaban J connectivity index is 2.56. The topological polar surface area (TPSA) is 70.7 Å². The monoisotopic (exact) mass is 301 g/mol. The van der Waals surface area contributed by atoms with E-state index in [0.29, 0.717) is 18.4 Å². The Morgan fingerprint density at radius 3 is 2.30 bits per heavy atom. The summed E-state index contributed by atoms with van der Waals surface area (Å²) in [6.45, 7) is 5.43. The van der Waals surface area contributed by atoms with Gasteiger partial charge in [-0.1, -0.05) is 13.8 Å². The van der Waals surface area contributed by atoms with Gasteiger partial charge in [0.15, 0.2) is 0 Å². The van der Waals surface area contributed by atoms with E-state index in [9.17, 15) is 8.42 Å². The van der Waals surface area contributed by atoms with Crippen molar-refractivity contribution < 1.29 is 13.2 Å². The van der Waals surface area contributed by atoms with Gasteiger partial charge >= 0.3 is 0 Å². The second kappa shape index (κ2) is 7.58. The molecule has 6 nitrogen and oxygen atoms in total. The molecule has 0 amide bonds. The number of benzene rings is 1. The van der Waals surface area contributed by atoms with Crippen molar-refractivity contribution in [3.63, 3.8) is 0 Å². The summed E-state index contributed by atoms with van der Waals surface area (Å²) in [5.74, 6) is 0.652. The predicted molar refractivity (Wildman–Crippen MR) is 79.1 cm³/mol. The maximum atomic E-state index is 11.9. The molecule has 0 unspecified atom stereocenters.